The molecule has 1 N–H and O–H groups in total. The number of allylic oxidation sites excluding steroid dienone is 1. The van der Waals surface area contributed by atoms with Gasteiger partial charge in [0.25, 0.3) is 5.91 Å². The van der Waals surface area contributed by atoms with E-state index in [1.807, 2.05) is 0 Å². The minimum atomic E-state index is -0.278. The lowest BCUT2D eigenvalue weighted by atomic mass is 10.1. The quantitative estimate of drug-likeness (QED) is 0.561. The van der Waals surface area contributed by atoms with Crippen LogP contribution in [0.4, 0.5) is 5.69 Å². The van der Waals surface area contributed by atoms with Crippen molar-refractivity contribution in [2.75, 3.05) is 26.1 Å². The molecule has 3 aromatic carbocycles. The van der Waals surface area contributed by atoms with Crippen LogP contribution in [0.2, 0.25) is 0 Å². The first-order chi connectivity index (χ1) is 15.6. The zero-order chi connectivity index (χ0) is 22.5. The molecule has 1 aliphatic heterocycles. The van der Waals surface area contributed by atoms with E-state index in [1.54, 1.807) is 87.0 Å². The number of methoxy groups -OCH3 is 2. The van der Waals surface area contributed by atoms with Gasteiger partial charge in [-0.1, -0.05) is 12.1 Å². The maximum Gasteiger partial charge on any atom is 0.262 e. The van der Waals surface area contributed by atoms with E-state index in [4.69, 9.17) is 18.9 Å². The van der Waals surface area contributed by atoms with Crippen LogP contribution in [0.5, 0.6) is 23.0 Å². The summed E-state index contributed by atoms with van der Waals surface area (Å²) in [6, 6.07) is 19.1. The molecule has 162 valence electrons. The Morgan fingerprint density at radius 2 is 1.56 bits per heavy atom. The number of fused-ring (bicyclic) bond motifs is 1. The van der Waals surface area contributed by atoms with E-state index in [0.29, 0.717) is 34.2 Å². The number of rotatable bonds is 7. The Labute approximate surface area is 185 Å². The summed E-state index contributed by atoms with van der Waals surface area (Å²) in [5.41, 5.74) is 1.92. The molecule has 4 rings (SSSR count). The molecule has 3 aromatic rings. The second-order valence-corrected chi connectivity index (χ2v) is 6.94. The predicted molar refractivity (Wildman–Crippen MR) is 119 cm³/mol. The third-order valence-corrected chi connectivity index (χ3v) is 4.80. The van der Waals surface area contributed by atoms with E-state index in [0.717, 1.165) is 5.56 Å². The summed E-state index contributed by atoms with van der Waals surface area (Å²) >= 11 is 0. The highest BCUT2D eigenvalue weighted by Crippen LogP contribution is 2.34. The van der Waals surface area contributed by atoms with E-state index in [9.17, 15) is 9.59 Å². The van der Waals surface area contributed by atoms with Crippen LogP contribution in [0, 0.1) is 0 Å². The molecule has 7 heteroatoms. The number of ketones is 1. The van der Waals surface area contributed by atoms with Crippen LogP contribution < -0.4 is 24.3 Å². The number of amides is 1. The maximum atomic E-state index is 12.5. The minimum Gasteiger partial charge on any atom is -0.497 e. The van der Waals surface area contributed by atoms with Crippen LogP contribution in [-0.4, -0.2) is 32.5 Å². The van der Waals surface area contributed by atoms with Gasteiger partial charge in [-0.15, -0.1) is 0 Å². The summed E-state index contributed by atoms with van der Waals surface area (Å²) in [6.45, 7) is -0.134. The van der Waals surface area contributed by atoms with Gasteiger partial charge in [0, 0.05) is 11.8 Å². The lowest BCUT2D eigenvalue weighted by molar-refractivity contribution is -0.118. The van der Waals surface area contributed by atoms with E-state index in [2.05, 4.69) is 5.32 Å². The number of carbonyl (C=O) groups excluding carboxylic acids is 2. The van der Waals surface area contributed by atoms with Gasteiger partial charge in [-0.2, -0.15) is 0 Å². The summed E-state index contributed by atoms with van der Waals surface area (Å²) < 4.78 is 21.5. The van der Waals surface area contributed by atoms with E-state index < -0.39 is 0 Å². The average Bonchev–Trinajstić information content (AvgIpc) is 3.13. The van der Waals surface area contributed by atoms with Crippen LogP contribution >= 0.6 is 0 Å². The van der Waals surface area contributed by atoms with E-state index >= 15 is 0 Å². The van der Waals surface area contributed by atoms with Crippen LogP contribution in [0.1, 0.15) is 15.9 Å². The first-order valence-corrected chi connectivity index (χ1v) is 9.85. The highest BCUT2D eigenvalue weighted by atomic mass is 16.5. The van der Waals surface area contributed by atoms with Crippen molar-refractivity contribution in [1.29, 1.82) is 0 Å². The van der Waals surface area contributed by atoms with Gasteiger partial charge in [0.05, 0.1) is 19.8 Å². The molecule has 1 aliphatic rings. The van der Waals surface area contributed by atoms with Gasteiger partial charge in [-0.05, 0) is 60.2 Å². The highest BCUT2D eigenvalue weighted by molar-refractivity contribution is 6.14. The zero-order valence-corrected chi connectivity index (χ0v) is 17.6. The van der Waals surface area contributed by atoms with Gasteiger partial charge >= 0.3 is 0 Å². The lowest BCUT2D eigenvalue weighted by Gasteiger charge is -2.08. The Morgan fingerprint density at radius 3 is 2.25 bits per heavy atom. The largest absolute Gasteiger partial charge is 0.497 e. The SMILES string of the molecule is COc1ccc(NC(=O)COc2ccc(/C=C3/Oc4cc(OC)ccc4C3=O)cc2)cc1. The lowest BCUT2D eigenvalue weighted by Crippen LogP contribution is -2.20. The van der Waals surface area contributed by atoms with Crippen molar-refractivity contribution in [2.24, 2.45) is 0 Å². The van der Waals surface area contributed by atoms with Crippen molar-refractivity contribution in [1.82, 2.24) is 0 Å². The van der Waals surface area contributed by atoms with Crippen LogP contribution in [0.15, 0.2) is 72.5 Å². The number of carbonyl (C=O) groups is 2. The molecule has 0 aromatic heterocycles. The molecule has 0 atom stereocenters. The Morgan fingerprint density at radius 1 is 0.906 bits per heavy atom. The molecule has 1 amide bonds. The van der Waals surface area contributed by atoms with Crippen molar-refractivity contribution >= 4 is 23.5 Å². The van der Waals surface area contributed by atoms with Gasteiger partial charge in [-0.3, -0.25) is 9.59 Å². The molecule has 0 saturated carbocycles. The number of benzene rings is 3. The fourth-order valence-corrected chi connectivity index (χ4v) is 3.13. The van der Waals surface area contributed by atoms with Gasteiger partial charge in [0.15, 0.2) is 12.4 Å². The van der Waals surface area contributed by atoms with Crippen molar-refractivity contribution in [3.63, 3.8) is 0 Å². The molecule has 0 bridgehead atoms. The first kappa shape index (κ1) is 21.0. The Balaban J connectivity index is 1.34. The third kappa shape index (κ3) is 4.73. The van der Waals surface area contributed by atoms with E-state index in [-0.39, 0.29) is 24.1 Å². The van der Waals surface area contributed by atoms with E-state index in [1.165, 1.54) is 0 Å². The summed E-state index contributed by atoms with van der Waals surface area (Å²) in [6.07, 6.45) is 1.66. The Hall–Kier alpha value is -4.26. The van der Waals surface area contributed by atoms with Crippen molar-refractivity contribution < 1.29 is 28.5 Å². The molecule has 7 nitrogen and oxygen atoms in total. The smallest absolute Gasteiger partial charge is 0.262 e. The van der Waals surface area contributed by atoms with Gasteiger partial charge in [-0.25, -0.2) is 0 Å². The number of anilines is 1. The van der Waals surface area contributed by atoms with Crippen molar-refractivity contribution in [3.05, 3.63) is 83.6 Å². The molecule has 1 heterocycles. The second-order valence-electron chi connectivity index (χ2n) is 6.94. The highest BCUT2D eigenvalue weighted by Gasteiger charge is 2.27. The normalized spacial score (nSPS) is 13.3. The first-order valence-electron chi connectivity index (χ1n) is 9.85. The Kier molecular flexibility index (Phi) is 6.07. The van der Waals surface area contributed by atoms with Gasteiger partial charge < -0.3 is 24.3 Å². The fraction of sp³-hybridized carbons (Fsp3) is 0.120. The monoisotopic (exact) mass is 431 g/mol. The fourth-order valence-electron chi connectivity index (χ4n) is 3.13. The van der Waals surface area contributed by atoms with Gasteiger partial charge in [0.1, 0.15) is 23.0 Å². The summed E-state index contributed by atoms with van der Waals surface area (Å²) in [5.74, 6) is 2.11. The molecule has 0 spiro atoms. The standard InChI is InChI=1S/C25H21NO6/c1-29-18-9-5-17(6-10-18)26-24(27)15-31-19-7-3-16(4-8-19)13-23-25(28)21-12-11-20(30-2)14-22(21)32-23/h3-14H,15H2,1-2H3,(H,26,27)/b23-13+. The molecule has 0 unspecified atom stereocenters. The topological polar surface area (TPSA) is 83.1 Å². The molecule has 32 heavy (non-hydrogen) atoms. The third-order valence-electron chi connectivity index (χ3n) is 4.80. The molecule has 0 radical (unpaired) electrons. The summed E-state index contributed by atoms with van der Waals surface area (Å²) in [5, 5.41) is 2.75. The molecule has 0 aliphatic carbocycles. The molecule has 0 fully saturated rings. The number of hydrogen-bond donors (Lipinski definition) is 1. The van der Waals surface area contributed by atoms with Crippen molar-refractivity contribution in [2.45, 2.75) is 0 Å². The van der Waals surface area contributed by atoms with Gasteiger partial charge in [0.2, 0.25) is 5.78 Å². The van der Waals surface area contributed by atoms with Crippen LogP contribution in [0.25, 0.3) is 6.08 Å². The predicted octanol–water partition coefficient (Wildman–Crippen LogP) is 4.34. The zero-order valence-electron chi connectivity index (χ0n) is 17.6. The maximum absolute atomic E-state index is 12.5. The Bertz CT molecular complexity index is 1170. The van der Waals surface area contributed by atoms with Crippen LogP contribution in [0.3, 0.4) is 0 Å². The number of hydrogen-bond acceptors (Lipinski definition) is 6. The molecular weight excluding hydrogens is 410 g/mol. The summed E-state index contributed by atoms with van der Waals surface area (Å²) in [7, 11) is 3.14. The van der Waals surface area contributed by atoms with Crippen LogP contribution in [-0.2, 0) is 4.79 Å². The number of nitrogens with one attached hydrogen (secondary N) is 1. The molecule has 0 saturated heterocycles. The average molecular weight is 431 g/mol. The molecular formula is C25H21NO6. The number of ether oxygens (including phenoxy) is 4. The number of Topliss-reactive ketones (excluding diaryl/α,β-unsaturated/α-hetero) is 1. The summed E-state index contributed by atoms with van der Waals surface area (Å²) in [4.78, 5) is 24.6. The minimum absolute atomic E-state index is 0.134. The van der Waals surface area contributed by atoms with Crippen molar-refractivity contribution in [3.8, 4) is 23.0 Å². The second kappa shape index (κ2) is 9.26.